The zero-order valence-corrected chi connectivity index (χ0v) is 11.5. The van der Waals surface area contributed by atoms with Crippen molar-refractivity contribution >= 4 is 45.1 Å². The molecule has 0 spiro atoms. The molecule has 1 aromatic carbocycles. The Morgan fingerprint density at radius 1 is 1.44 bits per heavy atom. The zero-order valence-electron chi connectivity index (χ0n) is 9.13. The van der Waals surface area contributed by atoms with E-state index in [1.54, 1.807) is 29.7 Å². The van der Waals surface area contributed by atoms with E-state index in [9.17, 15) is 4.79 Å². The van der Waals surface area contributed by atoms with Crippen LogP contribution in [0.25, 0.3) is 0 Å². The van der Waals surface area contributed by atoms with Gasteiger partial charge >= 0.3 is 5.97 Å². The van der Waals surface area contributed by atoms with Crippen molar-refractivity contribution < 1.29 is 9.90 Å². The summed E-state index contributed by atoms with van der Waals surface area (Å²) in [5.74, 6) is -0.954. The van der Waals surface area contributed by atoms with Crippen LogP contribution in [-0.2, 0) is 0 Å². The average molecular weight is 325 g/mol. The molecule has 1 heterocycles. The van der Waals surface area contributed by atoms with E-state index >= 15 is 0 Å². The Labute approximate surface area is 116 Å². The highest BCUT2D eigenvalue weighted by Gasteiger charge is 2.02. The molecule has 0 unspecified atom stereocenters. The Bertz CT molecular complexity index is 595. The molecule has 0 amide bonds. The molecular formula is C12H9BrN2O2S. The Kier molecular flexibility index (Phi) is 4.11. The van der Waals surface area contributed by atoms with Crippen molar-refractivity contribution in [3.8, 4) is 0 Å². The first kappa shape index (κ1) is 12.8. The quantitative estimate of drug-likeness (QED) is 0.666. The molecule has 6 heteroatoms. The number of hydrogen-bond acceptors (Lipinski definition) is 4. The number of aromatic carboxylic acids is 1. The van der Waals surface area contributed by atoms with E-state index in [4.69, 9.17) is 5.11 Å². The summed E-state index contributed by atoms with van der Waals surface area (Å²) >= 11 is 4.92. The molecule has 0 radical (unpaired) electrons. The number of carboxylic acid groups (broad SMARTS) is 1. The van der Waals surface area contributed by atoms with Crippen LogP contribution in [0.15, 0.2) is 45.3 Å². The molecule has 0 atom stereocenters. The Morgan fingerprint density at radius 3 is 2.94 bits per heavy atom. The molecule has 0 bridgehead atoms. The lowest BCUT2D eigenvalue weighted by atomic mass is 10.2. The molecule has 18 heavy (non-hydrogen) atoms. The molecule has 0 aliphatic carbocycles. The van der Waals surface area contributed by atoms with Gasteiger partial charge in [0.15, 0.2) is 0 Å². The number of rotatable bonds is 4. The second-order valence-corrected chi connectivity index (χ2v) is 5.28. The number of hydrogen-bond donors (Lipinski definition) is 2. The molecule has 4 nitrogen and oxygen atoms in total. The third-order valence-electron chi connectivity index (χ3n) is 2.08. The largest absolute Gasteiger partial charge is 0.478 e. The lowest BCUT2D eigenvalue weighted by Gasteiger charge is -2.00. The lowest BCUT2D eigenvalue weighted by molar-refractivity contribution is 0.0697. The van der Waals surface area contributed by atoms with Crippen molar-refractivity contribution in [2.75, 3.05) is 5.43 Å². The molecule has 0 fully saturated rings. The second kappa shape index (κ2) is 5.79. The topological polar surface area (TPSA) is 61.7 Å². The number of benzene rings is 1. The summed E-state index contributed by atoms with van der Waals surface area (Å²) in [4.78, 5) is 11.8. The number of anilines is 1. The highest BCUT2D eigenvalue weighted by atomic mass is 79.9. The second-order valence-electron chi connectivity index (χ2n) is 3.42. The van der Waals surface area contributed by atoms with Gasteiger partial charge in [-0.3, -0.25) is 5.43 Å². The van der Waals surface area contributed by atoms with E-state index < -0.39 is 5.97 Å². The number of nitrogens with zero attached hydrogens (tertiary/aromatic N) is 1. The Balaban J connectivity index is 2.04. The van der Waals surface area contributed by atoms with E-state index in [2.05, 4.69) is 26.5 Å². The smallest absolute Gasteiger partial charge is 0.335 e. The first-order chi connectivity index (χ1) is 8.65. The van der Waals surface area contributed by atoms with Crippen molar-refractivity contribution in [1.82, 2.24) is 0 Å². The predicted molar refractivity (Wildman–Crippen MR) is 76.6 cm³/mol. The van der Waals surface area contributed by atoms with Crippen molar-refractivity contribution in [2.24, 2.45) is 5.10 Å². The fourth-order valence-corrected chi connectivity index (χ4v) is 2.59. The molecule has 0 saturated carbocycles. The van der Waals surface area contributed by atoms with Gasteiger partial charge in [0, 0.05) is 14.7 Å². The van der Waals surface area contributed by atoms with Crippen molar-refractivity contribution in [3.63, 3.8) is 0 Å². The van der Waals surface area contributed by atoms with Gasteiger partial charge in [0.2, 0.25) is 0 Å². The summed E-state index contributed by atoms with van der Waals surface area (Å²) in [6.07, 6.45) is 1.68. The highest BCUT2D eigenvalue weighted by Crippen LogP contribution is 2.18. The zero-order chi connectivity index (χ0) is 13.0. The summed E-state index contributed by atoms with van der Waals surface area (Å²) in [7, 11) is 0. The van der Waals surface area contributed by atoms with Crippen LogP contribution in [0.3, 0.4) is 0 Å². The van der Waals surface area contributed by atoms with Gasteiger partial charge < -0.3 is 5.11 Å². The van der Waals surface area contributed by atoms with Gasteiger partial charge in [-0.2, -0.15) is 5.10 Å². The van der Waals surface area contributed by atoms with Crippen molar-refractivity contribution in [1.29, 1.82) is 0 Å². The number of carbonyl (C=O) groups is 1. The number of carboxylic acids is 1. The van der Waals surface area contributed by atoms with Gasteiger partial charge in [-0.15, -0.1) is 11.3 Å². The SMILES string of the molecule is O=C(O)c1cccc(N/N=C\c2cc(Br)cs2)c1. The third-order valence-corrected chi connectivity index (χ3v) is 3.71. The lowest BCUT2D eigenvalue weighted by Crippen LogP contribution is -1.97. The summed E-state index contributed by atoms with van der Waals surface area (Å²) in [5.41, 5.74) is 3.67. The van der Waals surface area contributed by atoms with E-state index in [-0.39, 0.29) is 5.56 Å². The fraction of sp³-hybridized carbons (Fsp3) is 0. The summed E-state index contributed by atoms with van der Waals surface area (Å²) in [6, 6.07) is 8.44. The highest BCUT2D eigenvalue weighted by molar-refractivity contribution is 9.10. The average Bonchev–Trinajstić information content (AvgIpc) is 2.75. The van der Waals surface area contributed by atoms with Crippen LogP contribution in [0.2, 0.25) is 0 Å². The molecule has 2 N–H and O–H groups in total. The summed E-state index contributed by atoms with van der Waals surface area (Å²) in [5, 5.41) is 14.9. The fourth-order valence-electron chi connectivity index (χ4n) is 1.29. The van der Waals surface area contributed by atoms with Gasteiger partial charge in [-0.05, 0) is 40.2 Å². The minimum Gasteiger partial charge on any atom is -0.478 e. The predicted octanol–water partition coefficient (Wildman–Crippen LogP) is 3.65. The Morgan fingerprint density at radius 2 is 2.28 bits per heavy atom. The number of halogens is 1. The third kappa shape index (κ3) is 3.41. The molecule has 0 saturated heterocycles. The van der Waals surface area contributed by atoms with Gasteiger partial charge in [-0.1, -0.05) is 6.07 Å². The molecule has 0 aliphatic heterocycles. The van der Waals surface area contributed by atoms with Crippen LogP contribution in [0.4, 0.5) is 5.69 Å². The van der Waals surface area contributed by atoms with Gasteiger partial charge in [0.25, 0.3) is 0 Å². The van der Waals surface area contributed by atoms with Gasteiger partial charge in [0.1, 0.15) is 0 Å². The van der Waals surface area contributed by atoms with Crippen LogP contribution >= 0.6 is 27.3 Å². The first-order valence-corrected chi connectivity index (χ1v) is 6.69. The standard InChI is InChI=1S/C12H9BrN2O2S/c13-9-5-11(18-7-9)6-14-15-10-3-1-2-8(4-10)12(16)17/h1-7,15H,(H,16,17)/b14-6-. The van der Waals surface area contributed by atoms with Crippen LogP contribution in [0.5, 0.6) is 0 Å². The minimum atomic E-state index is -0.954. The van der Waals surface area contributed by atoms with Gasteiger partial charge in [0.05, 0.1) is 17.5 Å². The number of hydrazone groups is 1. The van der Waals surface area contributed by atoms with Crippen LogP contribution in [0, 0.1) is 0 Å². The van der Waals surface area contributed by atoms with Crippen LogP contribution in [0.1, 0.15) is 15.2 Å². The maximum atomic E-state index is 10.8. The van der Waals surface area contributed by atoms with E-state index in [1.807, 2.05) is 11.4 Å². The minimum absolute atomic E-state index is 0.231. The molecule has 2 aromatic rings. The number of thiophene rings is 1. The van der Waals surface area contributed by atoms with Crippen molar-refractivity contribution in [2.45, 2.75) is 0 Å². The Hall–Kier alpha value is -1.66. The van der Waals surface area contributed by atoms with Gasteiger partial charge in [-0.25, -0.2) is 4.79 Å². The van der Waals surface area contributed by atoms with E-state index in [0.29, 0.717) is 5.69 Å². The normalized spacial score (nSPS) is 10.7. The first-order valence-electron chi connectivity index (χ1n) is 5.01. The van der Waals surface area contributed by atoms with E-state index in [0.717, 1.165) is 9.35 Å². The maximum absolute atomic E-state index is 10.8. The number of nitrogens with one attached hydrogen (secondary N) is 1. The van der Waals surface area contributed by atoms with E-state index in [1.165, 1.54) is 12.1 Å². The molecule has 0 aliphatic rings. The summed E-state index contributed by atoms with van der Waals surface area (Å²) < 4.78 is 1.02. The monoisotopic (exact) mass is 324 g/mol. The van der Waals surface area contributed by atoms with Crippen LogP contribution in [-0.4, -0.2) is 17.3 Å². The molecular weight excluding hydrogens is 316 g/mol. The molecule has 2 rings (SSSR count). The van der Waals surface area contributed by atoms with Crippen molar-refractivity contribution in [3.05, 3.63) is 50.6 Å². The maximum Gasteiger partial charge on any atom is 0.335 e. The summed E-state index contributed by atoms with van der Waals surface area (Å²) in [6.45, 7) is 0. The van der Waals surface area contributed by atoms with Crippen LogP contribution < -0.4 is 5.43 Å². The molecule has 92 valence electrons. The molecule has 1 aromatic heterocycles.